The zero-order valence-electron chi connectivity index (χ0n) is 11.4. The van der Waals surface area contributed by atoms with Crippen LogP contribution < -0.4 is 0 Å². The second kappa shape index (κ2) is 5.99. The van der Waals surface area contributed by atoms with Crippen LogP contribution in [0, 0.1) is 10.1 Å². The average molecular weight is 309 g/mol. The van der Waals surface area contributed by atoms with Gasteiger partial charge < -0.3 is 0 Å². The van der Waals surface area contributed by atoms with Gasteiger partial charge in [0, 0.05) is 22.6 Å². The Morgan fingerprint density at radius 3 is 2.68 bits per heavy atom. The second-order valence-corrected chi connectivity index (χ2v) is 5.75. The number of non-ortho nitro benzene ring substituents is 1. The first-order valence-corrected chi connectivity index (χ1v) is 7.41. The Hall–Kier alpha value is -2.66. The van der Waals surface area contributed by atoms with Crippen LogP contribution in [0.1, 0.15) is 15.9 Å². The maximum atomic E-state index is 12.2. The number of carbonyl (C=O) groups excluding carboxylic acids is 1. The molecule has 0 saturated heterocycles. The molecule has 2 aromatic rings. The van der Waals surface area contributed by atoms with Crippen molar-refractivity contribution in [2.45, 2.75) is 4.90 Å². The van der Waals surface area contributed by atoms with E-state index in [2.05, 4.69) is 0 Å². The molecule has 0 N–H and O–H groups in total. The molecule has 0 fully saturated rings. The van der Waals surface area contributed by atoms with E-state index >= 15 is 0 Å². The molecule has 0 unspecified atom stereocenters. The van der Waals surface area contributed by atoms with E-state index in [1.807, 2.05) is 24.3 Å². The predicted octanol–water partition coefficient (Wildman–Crippen LogP) is 4.48. The van der Waals surface area contributed by atoms with Gasteiger partial charge in [0.05, 0.1) is 9.83 Å². The van der Waals surface area contributed by atoms with Gasteiger partial charge in [-0.3, -0.25) is 14.9 Å². The fourth-order valence-electron chi connectivity index (χ4n) is 2.14. The highest BCUT2D eigenvalue weighted by molar-refractivity contribution is 8.04. The van der Waals surface area contributed by atoms with Crippen LogP contribution in [-0.4, -0.2) is 10.7 Å². The van der Waals surface area contributed by atoms with E-state index in [4.69, 9.17) is 0 Å². The number of rotatable bonds is 3. The highest BCUT2D eigenvalue weighted by atomic mass is 32.2. The Balaban J connectivity index is 1.79. The lowest BCUT2D eigenvalue weighted by atomic mass is 10.1. The van der Waals surface area contributed by atoms with Gasteiger partial charge in [0.2, 0.25) is 5.78 Å². The molecule has 3 rings (SSSR count). The van der Waals surface area contributed by atoms with Crippen molar-refractivity contribution < 1.29 is 9.72 Å². The maximum absolute atomic E-state index is 12.2. The molecule has 0 amide bonds. The van der Waals surface area contributed by atoms with Crippen molar-refractivity contribution in [2.24, 2.45) is 0 Å². The molecule has 22 heavy (non-hydrogen) atoms. The monoisotopic (exact) mass is 309 g/mol. The van der Waals surface area contributed by atoms with Crippen molar-refractivity contribution in [1.82, 2.24) is 0 Å². The van der Waals surface area contributed by atoms with Gasteiger partial charge >= 0.3 is 0 Å². The quantitative estimate of drug-likeness (QED) is 0.476. The van der Waals surface area contributed by atoms with Crippen molar-refractivity contribution in [1.29, 1.82) is 0 Å². The molecule has 1 aliphatic rings. The molecule has 0 radical (unpaired) electrons. The van der Waals surface area contributed by atoms with Crippen LogP contribution in [0.15, 0.2) is 70.5 Å². The summed E-state index contributed by atoms with van der Waals surface area (Å²) in [6.07, 6.45) is 5.23. The SMILES string of the molecule is O=C1C(=CC=Cc2cccc([N+](=O)[O-])c2)Sc2ccccc21. The van der Waals surface area contributed by atoms with Crippen LogP contribution >= 0.6 is 11.8 Å². The fourth-order valence-corrected chi connectivity index (χ4v) is 3.14. The van der Waals surface area contributed by atoms with E-state index in [-0.39, 0.29) is 11.5 Å². The van der Waals surface area contributed by atoms with Crippen molar-refractivity contribution in [3.05, 3.63) is 86.8 Å². The second-order valence-electron chi connectivity index (χ2n) is 4.67. The number of Topliss-reactive ketones (excluding diaryl/α,β-unsaturated/α-hetero) is 1. The minimum absolute atomic E-state index is 0.0179. The Morgan fingerprint density at radius 1 is 1.09 bits per heavy atom. The van der Waals surface area contributed by atoms with E-state index in [0.29, 0.717) is 4.91 Å². The van der Waals surface area contributed by atoms with Gasteiger partial charge in [0.15, 0.2) is 0 Å². The largest absolute Gasteiger partial charge is 0.288 e. The smallest absolute Gasteiger partial charge is 0.270 e. The number of ketones is 1. The molecular formula is C17H11NO3S. The lowest BCUT2D eigenvalue weighted by Gasteiger charge is -1.94. The predicted molar refractivity (Wildman–Crippen MR) is 86.8 cm³/mol. The number of allylic oxidation sites excluding steroid dienone is 3. The number of nitrogens with zero attached hydrogens (tertiary/aromatic N) is 1. The summed E-state index contributed by atoms with van der Waals surface area (Å²) in [5.74, 6) is 0.0179. The Labute approximate surface area is 131 Å². The summed E-state index contributed by atoms with van der Waals surface area (Å²) < 4.78 is 0. The number of nitro groups is 1. The van der Waals surface area contributed by atoms with Crippen molar-refractivity contribution in [3.8, 4) is 0 Å². The van der Waals surface area contributed by atoms with Crippen molar-refractivity contribution in [3.63, 3.8) is 0 Å². The first-order valence-electron chi connectivity index (χ1n) is 6.59. The van der Waals surface area contributed by atoms with E-state index in [9.17, 15) is 14.9 Å². The fraction of sp³-hybridized carbons (Fsp3) is 0. The summed E-state index contributed by atoms with van der Waals surface area (Å²) >= 11 is 1.44. The summed E-state index contributed by atoms with van der Waals surface area (Å²) in [5, 5.41) is 10.7. The minimum atomic E-state index is -0.428. The summed E-state index contributed by atoms with van der Waals surface area (Å²) in [7, 11) is 0. The highest BCUT2D eigenvalue weighted by Gasteiger charge is 2.24. The Morgan fingerprint density at radius 2 is 1.91 bits per heavy atom. The summed E-state index contributed by atoms with van der Waals surface area (Å²) in [5.41, 5.74) is 1.50. The molecule has 0 atom stereocenters. The van der Waals surface area contributed by atoms with Crippen LogP contribution in [0.3, 0.4) is 0 Å². The third-order valence-corrected chi connectivity index (χ3v) is 4.31. The average Bonchev–Trinajstić information content (AvgIpc) is 2.85. The van der Waals surface area contributed by atoms with Crippen LogP contribution in [0.4, 0.5) is 5.69 Å². The summed E-state index contributed by atoms with van der Waals surface area (Å²) in [6.45, 7) is 0. The zero-order chi connectivity index (χ0) is 15.5. The standard InChI is InChI=1S/C17H11NO3S/c19-17-14-8-1-2-9-15(14)22-16(17)10-4-6-12-5-3-7-13(11-12)18(20)21/h1-11H. The molecule has 2 aromatic carbocycles. The Bertz CT molecular complexity index is 824. The maximum Gasteiger partial charge on any atom is 0.270 e. The van der Waals surface area contributed by atoms with Gasteiger partial charge in [-0.25, -0.2) is 0 Å². The Kier molecular flexibility index (Phi) is 3.89. The first kappa shape index (κ1) is 14.3. The number of thioether (sulfide) groups is 1. The molecule has 1 heterocycles. The lowest BCUT2D eigenvalue weighted by Crippen LogP contribution is -1.92. The normalized spacial score (nSPS) is 15.5. The number of carbonyl (C=O) groups is 1. The summed E-state index contributed by atoms with van der Waals surface area (Å²) in [4.78, 5) is 24.1. The molecule has 0 bridgehead atoms. The zero-order valence-corrected chi connectivity index (χ0v) is 12.2. The van der Waals surface area contributed by atoms with E-state index < -0.39 is 4.92 Å². The van der Waals surface area contributed by atoms with Crippen LogP contribution in [0.25, 0.3) is 6.08 Å². The van der Waals surface area contributed by atoms with Gasteiger partial charge in [-0.2, -0.15) is 0 Å². The number of hydrogen-bond donors (Lipinski definition) is 0. The van der Waals surface area contributed by atoms with Gasteiger partial charge in [0.25, 0.3) is 5.69 Å². The highest BCUT2D eigenvalue weighted by Crippen LogP contribution is 2.39. The molecule has 108 valence electrons. The molecule has 0 aliphatic carbocycles. The van der Waals surface area contributed by atoms with Gasteiger partial charge in [-0.1, -0.05) is 48.2 Å². The van der Waals surface area contributed by atoms with E-state index in [1.165, 1.54) is 23.9 Å². The van der Waals surface area contributed by atoms with Crippen molar-refractivity contribution >= 4 is 29.3 Å². The van der Waals surface area contributed by atoms with Gasteiger partial charge in [-0.05, 0) is 23.8 Å². The summed E-state index contributed by atoms with van der Waals surface area (Å²) in [6, 6.07) is 13.8. The molecule has 5 heteroatoms. The number of fused-ring (bicyclic) bond motifs is 1. The third-order valence-electron chi connectivity index (χ3n) is 3.19. The van der Waals surface area contributed by atoms with E-state index in [1.54, 1.807) is 30.4 Å². The van der Waals surface area contributed by atoms with Gasteiger partial charge in [0.1, 0.15) is 0 Å². The van der Waals surface area contributed by atoms with E-state index in [0.717, 1.165) is 16.0 Å². The minimum Gasteiger partial charge on any atom is -0.288 e. The number of benzene rings is 2. The van der Waals surface area contributed by atoms with Crippen LogP contribution in [-0.2, 0) is 0 Å². The molecule has 0 spiro atoms. The molecule has 0 aromatic heterocycles. The van der Waals surface area contributed by atoms with Gasteiger partial charge in [-0.15, -0.1) is 0 Å². The lowest BCUT2D eigenvalue weighted by molar-refractivity contribution is -0.384. The molecule has 0 saturated carbocycles. The number of hydrogen-bond acceptors (Lipinski definition) is 4. The van der Waals surface area contributed by atoms with Crippen LogP contribution in [0.2, 0.25) is 0 Å². The third kappa shape index (κ3) is 2.84. The topological polar surface area (TPSA) is 60.2 Å². The first-order chi connectivity index (χ1) is 10.6. The van der Waals surface area contributed by atoms with Crippen molar-refractivity contribution in [2.75, 3.05) is 0 Å². The molecule has 1 aliphatic heterocycles. The molecular weight excluding hydrogens is 298 g/mol. The van der Waals surface area contributed by atoms with Crippen LogP contribution in [0.5, 0.6) is 0 Å². The number of nitro benzene ring substituents is 1. The molecule has 4 nitrogen and oxygen atoms in total.